The zero-order chi connectivity index (χ0) is 28.4. The number of unbranched alkanes of at least 4 members (excludes halogenated alkanes) is 9. The molecular formula is C37H52O3. The molecule has 0 radical (unpaired) electrons. The molecule has 0 aliphatic rings. The minimum Gasteiger partial charge on any atom is -0.459 e. The molecule has 40 heavy (non-hydrogen) atoms. The average Bonchev–Trinajstić information content (AvgIpc) is 2.99. The molecule has 0 aliphatic carbocycles. The van der Waals surface area contributed by atoms with Gasteiger partial charge in [0.05, 0.1) is 11.7 Å². The van der Waals surface area contributed by atoms with E-state index in [0.717, 1.165) is 37.7 Å². The average molecular weight is 545 g/mol. The van der Waals surface area contributed by atoms with E-state index in [4.69, 9.17) is 9.47 Å². The first-order valence-electron chi connectivity index (χ1n) is 16.0. The molecule has 2 atom stereocenters. The number of esters is 1. The van der Waals surface area contributed by atoms with Crippen molar-refractivity contribution < 1.29 is 14.3 Å². The standard InChI is InChI=1S/C37H52O3/c1-4-7-9-10-11-12-13-19-27-39-36(29-30-25-26-31-20-15-16-21-32(31)28-30)34-23-17-18-24-35(34)37(38)40-33(6-3)22-14-8-5-2/h15-18,20-21,23-26,28,33,36H,4-14,19,22,27,29H2,1-3H3. The van der Waals surface area contributed by atoms with E-state index in [-0.39, 0.29) is 18.2 Å². The lowest BCUT2D eigenvalue weighted by Crippen LogP contribution is -2.20. The third-order valence-electron chi connectivity index (χ3n) is 7.94. The zero-order valence-corrected chi connectivity index (χ0v) is 25.3. The molecule has 2 unspecified atom stereocenters. The van der Waals surface area contributed by atoms with Gasteiger partial charge in [-0.25, -0.2) is 4.79 Å². The molecule has 3 aromatic rings. The molecule has 0 spiro atoms. The van der Waals surface area contributed by atoms with Gasteiger partial charge in [-0.3, -0.25) is 0 Å². The zero-order valence-electron chi connectivity index (χ0n) is 25.3. The first-order valence-corrected chi connectivity index (χ1v) is 16.0. The summed E-state index contributed by atoms with van der Waals surface area (Å²) in [5.74, 6) is -0.224. The monoisotopic (exact) mass is 544 g/mol. The summed E-state index contributed by atoms with van der Waals surface area (Å²) >= 11 is 0. The molecule has 3 heteroatoms. The van der Waals surface area contributed by atoms with Gasteiger partial charge < -0.3 is 9.47 Å². The summed E-state index contributed by atoms with van der Waals surface area (Å²) in [7, 11) is 0. The molecule has 0 aliphatic heterocycles. The van der Waals surface area contributed by atoms with Crippen LogP contribution in [0.1, 0.15) is 132 Å². The topological polar surface area (TPSA) is 35.5 Å². The fraction of sp³-hybridized carbons (Fsp3) is 0.541. The van der Waals surface area contributed by atoms with Gasteiger partial charge in [-0.05, 0) is 53.6 Å². The molecule has 3 rings (SSSR count). The lowest BCUT2D eigenvalue weighted by Gasteiger charge is -2.23. The van der Waals surface area contributed by atoms with Crippen LogP contribution >= 0.6 is 0 Å². The molecule has 0 aromatic heterocycles. The summed E-state index contributed by atoms with van der Waals surface area (Å²) < 4.78 is 12.6. The Bertz CT molecular complexity index is 1120. The summed E-state index contributed by atoms with van der Waals surface area (Å²) in [5.41, 5.74) is 2.79. The van der Waals surface area contributed by atoms with Gasteiger partial charge in [0.2, 0.25) is 0 Å². The second-order valence-electron chi connectivity index (χ2n) is 11.2. The minimum absolute atomic E-state index is 0.0377. The highest BCUT2D eigenvalue weighted by Crippen LogP contribution is 2.29. The fourth-order valence-corrected chi connectivity index (χ4v) is 5.45. The molecule has 0 N–H and O–H groups in total. The second-order valence-corrected chi connectivity index (χ2v) is 11.2. The number of hydrogen-bond donors (Lipinski definition) is 0. The maximum Gasteiger partial charge on any atom is 0.338 e. The molecule has 0 saturated carbocycles. The molecule has 0 bridgehead atoms. The Labute approximate surface area is 243 Å². The maximum absolute atomic E-state index is 13.4. The van der Waals surface area contributed by atoms with E-state index in [1.54, 1.807) is 0 Å². The van der Waals surface area contributed by atoms with Gasteiger partial charge in [0.25, 0.3) is 0 Å². The van der Waals surface area contributed by atoms with Gasteiger partial charge in [-0.1, -0.05) is 139 Å². The largest absolute Gasteiger partial charge is 0.459 e. The van der Waals surface area contributed by atoms with E-state index in [1.165, 1.54) is 74.1 Å². The third kappa shape index (κ3) is 10.7. The van der Waals surface area contributed by atoms with E-state index < -0.39 is 0 Å². The summed E-state index contributed by atoms with van der Waals surface area (Å²) in [4.78, 5) is 13.4. The van der Waals surface area contributed by atoms with Gasteiger partial charge in [0.15, 0.2) is 0 Å². The van der Waals surface area contributed by atoms with Crippen LogP contribution in [0.4, 0.5) is 0 Å². The molecule has 0 saturated heterocycles. The number of hydrogen-bond acceptors (Lipinski definition) is 3. The number of rotatable bonds is 20. The van der Waals surface area contributed by atoms with Crippen molar-refractivity contribution in [2.24, 2.45) is 0 Å². The number of benzene rings is 3. The van der Waals surface area contributed by atoms with Crippen molar-refractivity contribution in [3.63, 3.8) is 0 Å². The molecule has 218 valence electrons. The maximum atomic E-state index is 13.4. The van der Waals surface area contributed by atoms with Crippen LogP contribution in [-0.2, 0) is 15.9 Å². The Hall–Kier alpha value is -2.65. The molecule has 3 nitrogen and oxygen atoms in total. The number of ether oxygens (including phenoxy) is 2. The molecule has 0 amide bonds. The Morgan fingerprint density at radius 3 is 2.10 bits per heavy atom. The summed E-state index contributed by atoms with van der Waals surface area (Å²) in [5, 5.41) is 2.47. The fourth-order valence-electron chi connectivity index (χ4n) is 5.45. The Morgan fingerprint density at radius 2 is 1.35 bits per heavy atom. The van der Waals surface area contributed by atoms with Crippen molar-refractivity contribution >= 4 is 16.7 Å². The van der Waals surface area contributed by atoms with Crippen molar-refractivity contribution in [1.82, 2.24) is 0 Å². The van der Waals surface area contributed by atoms with Crippen LogP contribution in [0.5, 0.6) is 0 Å². The smallest absolute Gasteiger partial charge is 0.338 e. The van der Waals surface area contributed by atoms with Crippen LogP contribution in [-0.4, -0.2) is 18.7 Å². The molecule has 3 aromatic carbocycles. The minimum atomic E-state index is -0.224. The number of carbonyl (C=O) groups is 1. The Kier molecular flexibility index (Phi) is 14.9. The summed E-state index contributed by atoms with van der Waals surface area (Å²) in [6.45, 7) is 7.27. The van der Waals surface area contributed by atoms with Crippen molar-refractivity contribution in [1.29, 1.82) is 0 Å². The third-order valence-corrected chi connectivity index (χ3v) is 7.94. The summed E-state index contributed by atoms with van der Waals surface area (Å²) in [6.07, 6.45) is 15.8. The van der Waals surface area contributed by atoms with Crippen LogP contribution in [0.3, 0.4) is 0 Å². The van der Waals surface area contributed by atoms with Crippen molar-refractivity contribution in [3.05, 3.63) is 83.4 Å². The van der Waals surface area contributed by atoms with Crippen LogP contribution in [0.15, 0.2) is 66.7 Å². The van der Waals surface area contributed by atoms with Crippen molar-refractivity contribution in [3.8, 4) is 0 Å². The SMILES string of the molecule is CCCCCCCCCCOC(Cc1ccc2ccccc2c1)c1ccccc1C(=O)OC(CC)CCCCC. The highest BCUT2D eigenvalue weighted by atomic mass is 16.5. The first kappa shape index (κ1) is 31.9. The second kappa shape index (κ2) is 18.7. The predicted octanol–water partition coefficient (Wildman–Crippen LogP) is 10.8. The molecular weight excluding hydrogens is 492 g/mol. The van der Waals surface area contributed by atoms with Crippen LogP contribution in [0.25, 0.3) is 10.8 Å². The first-order chi connectivity index (χ1) is 19.7. The number of carbonyl (C=O) groups excluding carboxylic acids is 1. The molecule has 0 heterocycles. The van der Waals surface area contributed by atoms with E-state index in [9.17, 15) is 4.79 Å². The highest BCUT2D eigenvalue weighted by Gasteiger charge is 2.23. The van der Waals surface area contributed by atoms with E-state index in [1.807, 2.05) is 24.3 Å². The van der Waals surface area contributed by atoms with Gasteiger partial charge in [0, 0.05) is 13.0 Å². The lowest BCUT2D eigenvalue weighted by atomic mass is 9.95. The van der Waals surface area contributed by atoms with Gasteiger partial charge in [-0.2, -0.15) is 0 Å². The van der Waals surface area contributed by atoms with E-state index >= 15 is 0 Å². The lowest BCUT2D eigenvalue weighted by molar-refractivity contribution is 0.0241. The predicted molar refractivity (Wildman–Crippen MR) is 169 cm³/mol. The Balaban J connectivity index is 1.72. The normalized spacial score (nSPS) is 12.9. The quantitative estimate of drug-likeness (QED) is 0.105. The van der Waals surface area contributed by atoms with Crippen LogP contribution in [0, 0.1) is 0 Å². The van der Waals surface area contributed by atoms with E-state index in [2.05, 4.69) is 63.2 Å². The van der Waals surface area contributed by atoms with E-state index in [0.29, 0.717) is 12.2 Å². The van der Waals surface area contributed by atoms with Gasteiger partial charge >= 0.3 is 5.97 Å². The highest BCUT2D eigenvalue weighted by molar-refractivity contribution is 5.91. The Morgan fingerprint density at radius 1 is 0.700 bits per heavy atom. The molecule has 0 fully saturated rings. The summed E-state index contributed by atoms with van der Waals surface area (Å²) in [6, 6.07) is 23.0. The number of fused-ring (bicyclic) bond motifs is 1. The van der Waals surface area contributed by atoms with Gasteiger partial charge in [0.1, 0.15) is 6.10 Å². The van der Waals surface area contributed by atoms with Crippen molar-refractivity contribution in [2.75, 3.05) is 6.61 Å². The van der Waals surface area contributed by atoms with Crippen LogP contribution < -0.4 is 0 Å². The van der Waals surface area contributed by atoms with Crippen LogP contribution in [0.2, 0.25) is 0 Å². The van der Waals surface area contributed by atoms with Gasteiger partial charge in [-0.15, -0.1) is 0 Å². The van der Waals surface area contributed by atoms with Crippen molar-refractivity contribution in [2.45, 2.75) is 123 Å².